The van der Waals surface area contributed by atoms with Gasteiger partial charge in [-0.1, -0.05) is 18.3 Å². The standard InChI is InChI=1S/C14H19N5OS/c1-3-15-14-18-17-13(21-14)10-7-9-8-19(4-2)6-5-11(9)16-12(10)20/h7H,3-6,8H2,1-2H3,(H,15,18)(H,16,20). The van der Waals surface area contributed by atoms with Gasteiger partial charge in [-0.25, -0.2) is 0 Å². The number of likely N-dealkylation sites (N-methyl/N-ethyl adjacent to an activating group) is 1. The highest BCUT2D eigenvalue weighted by Crippen LogP contribution is 2.26. The first kappa shape index (κ1) is 14.2. The Morgan fingerprint density at radius 1 is 1.43 bits per heavy atom. The summed E-state index contributed by atoms with van der Waals surface area (Å²) in [7, 11) is 0. The number of pyridine rings is 1. The van der Waals surface area contributed by atoms with Gasteiger partial charge in [0.1, 0.15) is 0 Å². The maximum atomic E-state index is 12.3. The maximum Gasteiger partial charge on any atom is 0.258 e. The molecule has 0 atom stereocenters. The molecule has 7 heteroatoms. The summed E-state index contributed by atoms with van der Waals surface area (Å²) in [6.07, 6.45) is 0.900. The fraction of sp³-hybridized carbons (Fsp3) is 0.500. The molecular weight excluding hydrogens is 286 g/mol. The van der Waals surface area contributed by atoms with E-state index in [4.69, 9.17) is 0 Å². The number of anilines is 1. The molecule has 0 bridgehead atoms. The molecule has 0 unspecified atom stereocenters. The zero-order valence-electron chi connectivity index (χ0n) is 12.3. The van der Waals surface area contributed by atoms with Crippen molar-refractivity contribution in [1.82, 2.24) is 20.1 Å². The van der Waals surface area contributed by atoms with E-state index in [1.54, 1.807) is 0 Å². The molecule has 0 aromatic carbocycles. The number of H-pyrrole nitrogens is 1. The average molecular weight is 305 g/mol. The Morgan fingerprint density at radius 3 is 3.05 bits per heavy atom. The third kappa shape index (κ3) is 2.84. The number of nitrogens with zero attached hydrogens (tertiary/aromatic N) is 3. The SMILES string of the molecule is CCNc1nnc(-c2cc3c([nH]c2=O)CCN(CC)C3)s1. The third-order valence-corrected chi connectivity index (χ3v) is 4.63. The van der Waals surface area contributed by atoms with E-state index in [9.17, 15) is 4.79 Å². The zero-order valence-corrected chi connectivity index (χ0v) is 13.1. The molecule has 112 valence electrons. The molecule has 2 aromatic heterocycles. The van der Waals surface area contributed by atoms with Gasteiger partial charge < -0.3 is 10.3 Å². The predicted molar refractivity (Wildman–Crippen MR) is 84.8 cm³/mol. The average Bonchev–Trinajstić information content (AvgIpc) is 2.95. The second-order valence-electron chi connectivity index (χ2n) is 5.08. The maximum absolute atomic E-state index is 12.3. The lowest BCUT2D eigenvalue weighted by molar-refractivity contribution is 0.265. The van der Waals surface area contributed by atoms with Gasteiger partial charge in [-0.05, 0) is 25.1 Å². The van der Waals surface area contributed by atoms with Crippen molar-refractivity contribution in [3.05, 3.63) is 27.7 Å². The van der Waals surface area contributed by atoms with Gasteiger partial charge in [-0.15, -0.1) is 10.2 Å². The van der Waals surface area contributed by atoms with Gasteiger partial charge in [0.05, 0.1) is 5.56 Å². The van der Waals surface area contributed by atoms with E-state index in [1.165, 1.54) is 16.9 Å². The topological polar surface area (TPSA) is 73.9 Å². The van der Waals surface area contributed by atoms with Crippen molar-refractivity contribution in [1.29, 1.82) is 0 Å². The summed E-state index contributed by atoms with van der Waals surface area (Å²) in [5, 5.41) is 12.7. The van der Waals surface area contributed by atoms with Crippen LogP contribution >= 0.6 is 11.3 Å². The quantitative estimate of drug-likeness (QED) is 0.899. The number of aromatic amines is 1. The molecule has 3 heterocycles. The Labute approximate surface area is 127 Å². The Morgan fingerprint density at radius 2 is 2.29 bits per heavy atom. The largest absolute Gasteiger partial charge is 0.360 e. The van der Waals surface area contributed by atoms with Crippen LogP contribution in [-0.4, -0.2) is 39.7 Å². The summed E-state index contributed by atoms with van der Waals surface area (Å²) in [5.41, 5.74) is 2.80. The van der Waals surface area contributed by atoms with Crippen LogP contribution in [0.15, 0.2) is 10.9 Å². The van der Waals surface area contributed by atoms with Crippen molar-refractivity contribution in [2.24, 2.45) is 0 Å². The summed E-state index contributed by atoms with van der Waals surface area (Å²) in [6, 6.07) is 1.98. The van der Waals surface area contributed by atoms with Crippen LogP contribution in [-0.2, 0) is 13.0 Å². The van der Waals surface area contributed by atoms with Crippen LogP contribution in [0.3, 0.4) is 0 Å². The summed E-state index contributed by atoms with van der Waals surface area (Å²) >= 11 is 1.42. The number of hydrogen-bond donors (Lipinski definition) is 2. The minimum Gasteiger partial charge on any atom is -0.360 e. The fourth-order valence-corrected chi connectivity index (χ4v) is 3.37. The Kier molecular flexibility index (Phi) is 4.03. The van der Waals surface area contributed by atoms with E-state index >= 15 is 0 Å². The Hall–Kier alpha value is -1.73. The zero-order chi connectivity index (χ0) is 14.8. The molecule has 0 spiro atoms. The molecule has 0 saturated carbocycles. The van der Waals surface area contributed by atoms with E-state index < -0.39 is 0 Å². The summed E-state index contributed by atoms with van der Waals surface area (Å²) in [4.78, 5) is 17.6. The van der Waals surface area contributed by atoms with Crippen molar-refractivity contribution < 1.29 is 0 Å². The van der Waals surface area contributed by atoms with E-state index in [0.29, 0.717) is 10.6 Å². The smallest absolute Gasteiger partial charge is 0.258 e. The van der Waals surface area contributed by atoms with Gasteiger partial charge in [0, 0.05) is 31.7 Å². The predicted octanol–water partition coefficient (Wildman–Crippen LogP) is 1.70. The van der Waals surface area contributed by atoms with Crippen LogP contribution in [0.1, 0.15) is 25.1 Å². The monoisotopic (exact) mass is 305 g/mol. The number of rotatable bonds is 4. The summed E-state index contributed by atoms with van der Waals surface area (Å²) < 4.78 is 0. The molecule has 1 aliphatic rings. The second-order valence-corrected chi connectivity index (χ2v) is 6.05. The summed E-state index contributed by atoms with van der Waals surface area (Å²) in [6.45, 7) is 7.87. The number of aromatic nitrogens is 3. The second kappa shape index (κ2) is 5.95. The minimum absolute atomic E-state index is 0.0714. The molecule has 2 N–H and O–H groups in total. The molecule has 0 fully saturated rings. The number of nitrogens with one attached hydrogen (secondary N) is 2. The van der Waals surface area contributed by atoms with Crippen LogP contribution in [0.25, 0.3) is 10.6 Å². The highest BCUT2D eigenvalue weighted by atomic mass is 32.1. The minimum atomic E-state index is -0.0714. The molecular formula is C14H19N5OS. The first-order valence-electron chi connectivity index (χ1n) is 7.26. The molecule has 1 aliphatic heterocycles. The number of hydrogen-bond acceptors (Lipinski definition) is 6. The van der Waals surface area contributed by atoms with Gasteiger partial charge in [-0.2, -0.15) is 0 Å². The lowest BCUT2D eigenvalue weighted by Gasteiger charge is -2.27. The van der Waals surface area contributed by atoms with Crippen molar-refractivity contribution >= 4 is 16.5 Å². The van der Waals surface area contributed by atoms with Crippen LogP contribution in [0, 0.1) is 0 Å². The molecule has 6 nitrogen and oxygen atoms in total. The highest BCUT2D eigenvalue weighted by molar-refractivity contribution is 7.18. The van der Waals surface area contributed by atoms with Crippen molar-refractivity contribution in [2.75, 3.05) is 25.0 Å². The first-order valence-corrected chi connectivity index (χ1v) is 8.08. The third-order valence-electron chi connectivity index (χ3n) is 3.72. The van der Waals surface area contributed by atoms with Crippen molar-refractivity contribution in [2.45, 2.75) is 26.8 Å². The van der Waals surface area contributed by atoms with Gasteiger partial charge in [0.15, 0.2) is 5.01 Å². The lowest BCUT2D eigenvalue weighted by Crippen LogP contribution is -2.32. The Bertz CT molecular complexity index is 693. The van der Waals surface area contributed by atoms with Crippen LogP contribution in [0.4, 0.5) is 5.13 Å². The van der Waals surface area contributed by atoms with Crippen LogP contribution in [0.2, 0.25) is 0 Å². The van der Waals surface area contributed by atoms with Crippen LogP contribution < -0.4 is 10.9 Å². The van der Waals surface area contributed by atoms with E-state index in [2.05, 4.69) is 32.3 Å². The molecule has 0 aliphatic carbocycles. The highest BCUT2D eigenvalue weighted by Gasteiger charge is 2.19. The molecule has 0 saturated heterocycles. The lowest BCUT2D eigenvalue weighted by atomic mass is 10.0. The van der Waals surface area contributed by atoms with E-state index in [0.717, 1.165) is 43.4 Å². The number of fused-ring (bicyclic) bond motifs is 1. The molecule has 3 rings (SSSR count). The van der Waals surface area contributed by atoms with Gasteiger partial charge in [0.25, 0.3) is 5.56 Å². The summed E-state index contributed by atoms with van der Waals surface area (Å²) in [5.74, 6) is 0. The molecule has 0 amide bonds. The van der Waals surface area contributed by atoms with Gasteiger partial charge >= 0.3 is 0 Å². The molecule has 0 radical (unpaired) electrons. The van der Waals surface area contributed by atoms with Gasteiger partial charge in [0.2, 0.25) is 5.13 Å². The van der Waals surface area contributed by atoms with Gasteiger partial charge in [-0.3, -0.25) is 9.69 Å². The Balaban J connectivity index is 1.97. The van der Waals surface area contributed by atoms with E-state index in [1.807, 2.05) is 13.0 Å². The normalized spacial score (nSPS) is 15.0. The fourth-order valence-electron chi connectivity index (χ4n) is 2.55. The van der Waals surface area contributed by atoms with Crippen molar-refractivity contribution in [3.8, 4) is 10.6 Å². The van der Waals surface area contributed by atoms with Crippen LogP contribution in [0.5, 0.6) is 0 Å². The van der Waals surface area contributed by atoms with E-state index in [-0.39, 0.29) is 5.56 Å². The molecule has 21 heavy (non-hydrogen) atoms. The molecule has 2 aromatic rings. The first-order chi connectivity index (χ1) is 10.2. The van der Waals surface area contributed by atoms with Crippen molar-refractivity contribution in [3.63, 3.8) is 0 Å².